The van der Waals surface area contributed by atoms with Gasteiger partial charge in [-0.2, -0.15) is 0 Å². The SMILES string of the molecule is Cc1cn(Cc2cc(N)cc3c2OCOC3)c(=O)[nH]c1=O. The van der Waals surface area contributed by atoms with Crippen molar-refractivity contribution in [3.05, 3.63) is 55.9 Å². The monoisotopic (exact) mass is 289 g/mol. The van der Waals surface area contributed by atoms with Crippen molar-refractivity contribution < 1.29 is 9.47 Å². The van der Waals surface area contributed by atoms with Crippen molar-refractivity contribution in [2.45, 2.75) is 20.1 Å². The van der Waals surface area contributed by atoms with E-state index in [-0.39, 0.29) is 18.9 Å². The zero-order valence-corrected chi connectivity index (χ0v) is 11.5. The molecule has 0 bridgehead atoms. The second-order valence-electron chi connectivity index (χ2n) is 4.98. The topological polar surface area (TPSA) is 99.3 Å². The van der Waals surface area contributed by atoms with Crippen LogP contribution < -0.4 is 21.7 Å². The standard InChI is InChI=1S/C14H15N3O4/c1-8-4-17(14(19)16-13(8)18)5-9-2-11(15)3-10-6-20-7-21-12(9)10/h2-4H,5-7,15H2,1H3,(H,16,18,19). The van der Waals surface area contributed by atoms with Crippen molar-refractivity contribution in [2.75, 3.05) is 12.5 Å². The van der Waals surface area contributed by atoms with Gasteiger partial charge >= 0.3 is 5.69 Å². The maximum Gasteiger partial charge on any atom is 0.328 e. The Morgan fingerprint density at radius 3 is 3.00 bits per heavy atom. The molecule has 0 saturated heterocycles. The number of anilines is 1. The number of nitrogen functional groups attached to an aromatic ring is 1. The van der Waals surface area contributed by atoms with Gasteiger partial charge in [-0.3, -0.25) is 14.3 Å². The fraction of sp³-hybridized carbons (Fsp3) is 0.286. The lowest BCUT2D eigenvalue weighted by molar-refractivity contribution is -0.0170. The Balaban J connectivity index is 2.06. The first-order chi connectivity index (χ1) is 10.0. The lowest BCUT2D eigenvalue weighted by Crippen LogP contribution is -2.31. The van der Waals surface area contributed by atoms with Crippen LogP contribution in [0, 0.1) is 6.92 Å². The largest absolute Gasteiger partial charge is 0.467 e. The molecule has 1 aromatic heterocycles. The lowest BCUT2D eigenvalue weighted by atomic mass is 10.1. The van der Waals surface area contributed by atoms with Crippen LogP contribution in [0.2, 0.25) is 0 Å². The van der Waals surface area contributed by atoms with E-state index < -0.39 is 5.69 Å². The van der Waals surface area contributed by atoms with Crippen molar-refractivity contribution >= 4 is 5.69 Å². The highest BCUT2D eigenvalue weighted by Gasteiger charge is 2.17. The van der Waals surface area contributed by atoms with Gasteiger partial charge in [-0.15, -0.1) is 0 Å². The number of nitrogens with one attached hydrogen (secondary N) is 1. The molecule has 0 atom stereocenters. The summed E-state index contributed by atoms with van der Waals surface area (Å²) in [4.78, 5) is 25.5. The average molecular weight is 289 g/mol. The van der Waals surface area contributed by atoms with Crippen LogP contribution in [0.4, 0.5) is 5.69 Å². The molecule has 110 valence electrons. The van der Waals surface area contributed by atoms with Crippen LogP contribution in [0.1, 0.15) is 16.7 Å². The summed E-state index contributed by atoms with van der Waals surface area (Å²) >= 11 is 0. The van der Waals surface area contributed by atoms with Crippen molar-refractivity contribution in [1.82, 2.24) is 9.55 Å². The fourth-order valence-corrected chi connectivity index (χ4v) is 2.36. The van der Waals surface area contributed by atoms with E-state index in [1.165, 1.54) is 10.8 Å². The number of aromatic nitrogens is 2. The van der Waals surface area contributed by atoms with Gasteiger partial charge in [-0.1, -0.05) is 0 Å². The Morgan fingerprint density at radius 1 is 1.38 bits per heavy atom. The molecule has 3 rings (SSSR count). The van der Waals surface area contributed by atoms with Crippen LogP contribution in [0.15, 0.2) is 27.9 Å². The summed E-state index contributed by atoms with van der Waals surface area (Å²) < 4.78 is 12.2. The maximum atomic E-state index is 11.9. The highest BCUT2D eigenvalue weighted by Crippen LogP contribution is 2.31. The Labute approximate surface area is 119 Å². The first-order valence-electron chi connectivity index (χ1n) is 6.47. The van der Waals surface area contributed by atoms with Gasteiger partial charge in [0, 0.05) is 28.6 Å². The molecule has 2 aromatic rings. The number of nitrogens with two attached hydrogens (primary N) is 1. The molecule has 21 heavy (non-hydrogen) atoms. The van der Waals surface area contributed by atoms with E-state index in [1.807, 2.05) is 0 Å². The molecule has 0 fully saturated rings. The molecule has 1 aliphatic rings. The molecular formula is C14H15N3O4. The molecule has 1 aliphatic heterocycles. The van der Waals surface area contributed by atoms with Crippen molar-refractivity contribution in [2.24, 2.45) is 0 Å². The highest BCUT2D eigenvalue weighted by atomic mass is 16.7. The van der Waals surface area contributed by atoms with Crippen LogP contribution in [0.5, 0.6) is 5.75 Å². The molecule has 1 aromatic carbocycles. The van der Waals surface area contributed by atoms with E-state index in [0.717, 1.165) is 11.1 Å². The molecule has 0 amide bonds. The lowest BCUT2D eigenvalue weighted by Gasteiger charge is -2.21. The quantitative estimate of drug-likeness (QED) is 0.777. The number of hydrogen-bond acceptors (Lipinski definition) is 5. The molecular weight excluding hydrogens is 274 g/mol. The summed E-state index contributed by atoms with van der Waals surface area (Å²) in [6.07, 6.45) is 1.52. The van der Waals surface area contributed by atoms with Crippen molar-refractivity contribution in [1.29, 1.82) is 0 Å². The number of rotatable bonds is 2. The first kappa shape index (κ1) is 13.4. The number of hydrogen-bond donors (Lipinski definition) is 2. The maximum absolute atomic E-state index is 11.9. The van der Waals surface area contributed by atoms with Crippen LogP contribution in [-0.4, -0.2) is 16.3 Å². The van der Waals surface area contributed by atoms with Crippen LogP contribution >= 0.6 is 0 Å². The zero-order valence-electron chi connectivity index (χ0n) is 11.5. The van der Waals surface area contributed by atoms with Gasteiger partial charge in [0.1, 0.15) is 5.75 Å². The third-order valence-corrected chi connectivity index (χ3v) is 3.34. The van der Waals surface area contributed by atoms with Gasteiger partial charge in [-0.05, 0) is 19.1 Å². The number of nitrogens with zero attached hydrogens (tertiary/aromatic N) is 1. The summed E-state index contributed by atoms with van der Waals surface area (Å²) in [5.74, 6) is 0.686. The van der Waals surface area contributed by atoms with Gasteiger partial charge < -0.3 is 15.2 Å². The smallest absolute Gasteiger partial charge is 0.328 e. The van der Waals surface area contributed by atoms with Gasteiger partial charge in [0.15, 0.2) is 6.79 Å². The van der Waals surface area contributed by atoms with E-state index in [2.05, 4.69) is 4.98 Å². The minimum Gasteiger partial charge on any atom is -0.467 e. The van der Waals surface area contributed by atoms with Crippen LogP contribution in [0.25, 0.3) is 0 Å². The summed E-state index contributed by atoms with van der Waals surface area (Å²) in [5.41, 5.74) is 7.71. The van der Waals surface area contributed by atoms with Crippen molar-refractivity contribution in [3.8, 4) is 5.75 Å². The number of benzene rings is 1. The van der Waals surface area contributed by atoms with Gasteiger partial charge in [0.25, 0.3) is 5.56 Å². The van der Waals surface area contributed by atoms with Crippen molar-refractivity contribution in [3.63, 3.8) is 0 Å². The van der Waals surface area contributed by atoms with Crippen LogP contribution in [0.3, 0.4) is 0 Å². The number of H-pyrrole nitrogens is 1. The molecule has 3 N–H and O–H groups in total. The number of aromatic amines is 1. The highest BCUT2D eigenvalue weighted by molar-refractivity contribution is 5.53. The van der Waals surface area contributed by atoms with E-state index in [4.69, 9.17) is 15.2 Å². The van der Waals surface area contributed by atoms with E-state index in [0.29, 0.717) is 23.6 Å². The molecule has 0 spiro atoms. The molecule has 7 nitrogen and oxygen atoms in total. The summed E-state index contributed by atoms with van der Waals surface area (Å²) in [5, 5.41) is 0. The zero-order chi connectivity index (χ0) is 15.0. The summed E-state index contributed by atoms with van der Waals surface area (Å²) in [6.45, 7) is 2.51. The molecule has 0 aliphatic carbocycles. The van der Waals surface area contributed by atoms with E-state index in [1.54, 1.807) is 19.1 Å². The van der Waals surface area contributed by atoms with E-state index in [9.17, 15) is 9.59 Å². The minimum absolute atomic E-state index is 0.170. The second-order valence-corrected chi connectivity index (χ2v) is 4.98. The predicted octanol–water partition coefficient (Wildman–Crippen LogP) is 0.342. The molecule has 0 radical (unpaired) electrons. The first-order valence-corrected chi connectivity index (χ1v) is 6.47. The Hall–Kier alpha value is -2.54. The molecule has 0 saturated carbocycles. The number of ether oxygens (including phenoxy) is 2. The Kier molecular flexibility index (Phi) is 3.26. The predicted molar refractivity (Wildman–Crippen MR) is 76.3 cm³/mol. The fourth-order valence-electron chi connectivity index (χ4n) is 2.36. The Bertz CT molecular complexity index is 807. The summed E-state index contributed by atoms with van der Waals surface area (Å²) in [6, 6.07) is 3.55. The number of fused-ring (bicyclic) bond motifs is 1. The summed E-state index contributed by atoms with van der Waals surface area (Å²) in [7, 11) is 0. The molecule has 2 heterocycles. The third kappa shape index (κ3) is 2.55. The van der Waals surface area contributed by atoms with Gasteiger partial charge in [0.05, 0.1) is 13.2 Å². The number of aryl methyl sites for hydroxylation is 1. The van der Waals surface area contributed by atoms with Gasteiger partial charge in [0.2, 0.25) is 0 Å². The molecule has 7 heteroatoms. The normalized spacial score (nSPS) is 13.6. The minimum atomic E-state index is -0.464. The third-order valence-electron chi connectivity index (χ3n) is 3.34. The van der Waals surface area contributed by atoms with Crippen LogP contribution in [-0.2, 0) is 17.9 Å². The molecule has 0 unspecified atom stereocenters. The Morgan fingerprint density at radius 2 is 2.19 bits per heavy atom. The second kappa shape index (κ2) is 5.10. The van der Waals surface area contributed by atoms with Gasteiger partial charge in [-0.25, -0.2) is 4.79 Å². The average Bonchev–Trinajstić information content (AvgIpc) is 2.44. The van der Waals surface area contributed by atoms with E-state index >= 15 is 0 Å².